The topological polar surface area (TPSA) is 68.4 Å². The third kappa shape index (κ3) is 3.67. The van der Waals surface area contributed by atoms with Crippen LogP contribution in [0.2, 0.25) is 5.02 Å². The number of carbonyl (C=O) groups is 1. The lowest BCUT2D eigenvalue weighted by Gasteiger charge is -2.39. The molecule has 1 amide bonds. The zero-order valence-corrected chi connectivity index (χ0v) is 18.2. The average molecular weight is 493 g/mol. The van der Waals surface area contributed by atoms with Crippen LogP contribution in [-0.2, 0) is 12.6 Å². The van der Waals surface area contributed by atoms with E-state index >= 15 is 0 Å². The Bertz CT molecular complexity index is 1370. The molecule has 0 spiro atoms. The number of fused-ring (bicyclic) bond motifs is 8. The number of aromatic nitrogens is 1. The van der Waals surface area contributed by atoms with Gasteiger partial charge in [0.25, 0.3) is 5.91 Å². The van der Waals surface area contributed by atoms with E-state index in [9.17, 15) is 27.2 Å². The number of aromatic amines is 1. The van der Waals surface area contributed by atoms with Gasteiger partial charge in [0, 0.05) is 18.3 Å². The predicted octanol–water partition coefficient (Wildman–Crippen LogP) is 5.30. The Morgan fingerprint density at radius 3 is 2.53 bits per heavy atom. The van der Waals surface area contributed by atoms with Crippen LogP contribution in [0.1, 0.15) is 27.9 Å². The number of carbonyl (C=O) groups excluding carboxylic acids is 1. The van der Waals surface area contributed by atoms with E-state index in [4.69, 9.17) is 11.6 Å². The Balaban J connectivity index is 1.80. The number of rotatable bonds is 0. The zero-order chi connectivity index (χ0) is 24.2. The van der Waals surface area contributed by atoms with Crippen molar-refractivity contribution in [2.24, 2.45) is 0 Å². The number of nitrogens with one attached hydrogen (secondary N) is 2. The van der Waals surface area contributed by atoms with E-state index in [2.05, 4.69) is 10.3 Å². The van der Waals surface area contributed by atoms with E-state index in [1.54, 1.807) is 6.07 Å². The molecule has 0 fully saturated rings. The number of anilines is 4. The van der Waals surface area contributed by atoms with Gasteiger partial charge in [-0.3, -0.25) is 14.5 Å². The van der Waals surface area contributed by atoms with E-state index in [-0.39, 0.29) is 53.0 Å². The molecule has 2 bridgehead atoms. The van der Waals surface area contributed by atoms with Crippen LogP contribution in [-0.4, -0.2) is 24.1 Å². The van der Waals surface area contributed by atoms with Crippen molar-refractivity contribution >= 4 is 40.4 Å². The van der Waals surface area contributed by atoms with E-state index < -0.39 is 29.0 Å². The molecular formula is C23H17ClF4N4O2. The van der Waals surface area contributed by atoms with Crippen molar-refractivity contribution in [2.75, 3.05) is 28.3 Å². The van der Waals surface area contributed by atoms with Gasteiger partial charge in [0.05, 0.1) is 27.5 Å². The first-order valence-corrected chi connectivity index (χ1v) is 10.8. The first-order chi connectivity index (χ1) is 16.1. The van der Waals surface area contributed by atoms with E-state index in [1.165, 1.54) is 34.1 Å². The minimum atomic E-state index is -4.60. The van der Waals surface area contributed by atoms with E-state index in [0.29, 0.717) is 12.1 Å². The molecule has 3 heterocycles. The summed E-state index contributed by atoms with van der Waals surface area (Å²) < 4.78 is 56.1. The molecule has 2 N–H and O–H groups in total. The van der Waals surface area contributed by atoms with Crippen LogP contribution >= 0.6 is 11.6 Å². The molecule has 5 rings (SSSR count). The quantitative estimate of drug-likeness (QED) is 0.418. The predicted molar refractivity (Wildman–Crippen MR) is 121 cm³/mol. The molecule has 6 nitrogen and oxygen atoms in total. The maximum atomic E-state index is 14.4. The normalized spacial score (nSPS) is 15.6. The van der Waals surface area contributed by atoms with Crippen molar-refractivity contribution in [1.82, 2.24) is 4.98 Å². The fourth-order valence-corrected chi connectivity index (χ4v) is 4.57. The number of H-pyrrole nitrogens is 1. The van der Waals surface area contributed by atoms with Crippen molar-refractivity contribution in [3.63, 3.8) is 0 Å². The minimum absolute atomic E-state index is 0.0527. The van der Waals surface area contributed by atoms with Crippen LogP contribution in [0.5, 0.6) is 0 Å². The third-order valence-electron chi connectivity index (χ3n) is 5.93. The van der Waals surface area contributed by atoms with E-state index in [0.717, 1.165) is 12.1 Å². The summed E-state index contributed by atoms with van der Waals surface area (Å²) >= 11 is 6.00. The Morgan fingerprint density at radius 1 is 0.971 bits per heavy atom. The van der Waals surface area contributed by atoms with Crippen molar-refractivity contribution in [2.45, 2.75) is 19.0 Å². The molecule has 2 aromatic carbocycles. The van der Waals surface area contributed by atoms with Crippen LogP contribution in [0.25, 0.3) is 0 Å². The first-order valence-electron chi connectivity index (χ1n) is 10.4. The number of hydrogen-bond donors (Lipinski definition) is 2. The molecular weight excluding hydrogens is 476 g/mol. The number of nitrogens with zero attached hydrogens (tertiary/aromatic N) is 2. The molecule has 0 radical (unpaired) electrons. The highest BCUT2D eigenvalue weighted by atomic mass is 35.5. The maximum Gasteiger partial charge on any atom is 0.416 e. The molecule has 0 atom stereocenters. The summed E-state index contributed by atoms with van der Waals surface area (Å²) in [6.45, 7) is 0.0663. The Kier molecular flexibility index (Phi) is 5.27. The highest BCUT2D eigenvalue weighted by Gasteiger charge is 2.38. The number of amides is 1. The summed E-state index contributed by atoms with van der Waals surface area (Å²) in [7, 11) is 0. The summed E-state index contributed by atoms with van der Waals surface area (Å²) in [4.78, 5) is 30.8. The number of hydrogen-bond acceptors (Lipinski definition) is 4. The average Bonchev–Trinajstić information content (AvgIpc) is 2.80. The second-order valence-electron chi connectivity index (χ2n) is 8.00. The fourth-order valence-electron chi connectivity index (χ4n) is 4.41. The van der Waals surface area contributed by atoms with Gasteiger partial charge in [-0.25, -0.2) is 4.39 Å². The van der Waals surface area contributed by atoms with Gasteiger partial charge in [0.1, 0.15) is 18.3 Å². The van der Waals surface area contributed by atoms with Crippen molar-refractivity contribution in [1.29, 1.82) is 0 Å². The van der Waals surface area contributed by atoms with Gasteiger partial charge in [-0.1, -0.05) is 17.7 Å². The summed E-state index contributed by atoms with van der Waals surface area (Å²) in [5.41, 5.74) is -0.455. The number of alkyl halides is 3. The Morgan fingerprint density at radius 2 is 1.76 bits per heavy atom. The van der Waals surface area contributed by atoms with Crippen LogP contribution in [0.15, 0.2) is 47.3 Å². The molecule has 34 heavy (non-hydrogen) atoms. The monoisotopic (exact) mass is 492 g/mol. The lowest BCUT2D eigenvalue weighted by atomic mass is 9.97. The molecule has 1 aromatic heterocycles. The van der Waals surface area contributed by atoms with Crippen LogP contribution < -0.4 is 20.7 Å². The van der Waals surface area contributed by atoms with Crippen molar-refractivity contribution in [3.8, 4) is 0 Å². The number of benzene rings is 2. The molecule has 2 aliphatic heterocycles. The molecule has 3 aromatic rings. The summed E-state index contributed by atoms with van der Waals surface area (Å²) in [6, 6.07) is 8.77. The lowest BCUT2D eigenvalue weighted by molar-refractivity contribution is -0.138. The molecule has 0 unspecified atom stereocenters. The smallest absolute Gasteiger partial charge is 0.370 e. The van der Waals surface area contributed by atoms with Gasteiger partial charge < -0.3 is 15.2 Å². The van der Waals surface area contributed by atoms with Crippen molar-refractivity contribution in [3.05, 3.63) is 80.3 Å². The molecule has 11 heteroatoms. The molecule has 0 aliphatic carbocycles. The highest BCUT2D eigenvalue weighted by Crippen LogP contribution is 2.44. The van der Waals surface area contributed by atoms with Gasteiger partial charge in [0.15, 0.2) is 0 Å². The summed E-state index contributed by atoms with van der Waals surface area (Å²) in [5, 5.41) is 2.76. The fraction of sp³-hybridized carbons (Fsp3) is 0.217. The lowest BCUT2D eigenvalue weighted by Crippen LogP contribution is -2.45. The molecule has 176 valence electrons. The SMILES string of the molecule is O=C1c2cc(F)c(Cl)cc2N2CN1c1ccc(=O)[nH]c1NCCCc1c2cccc1C(F)(F)F. The summed E-state index contributed by atoms with van der Waals surface area (Å²) in [5.74, 6) is -1.16. The zero-order valence-electron chi connectivity index (χ0n) is 17.5. The second kappa shape index (κ2) is 8.05. The Labute approximate surface area is 195 Å². The van der Waals surface area contributed by atoms with Gasteiger partial charge in [0.2, 0.25) is 5.56 Å². The first kappa shape index (κ1) is 22.3. The Hall–Kier alpha value is -3.53. The van der Waals surface area contributed by atoms with Crippen molar-refractivity contribution < 1.29 is 22.4 Å². The van der Waals surface area contributed by atoms with Gasteiger partial charge in [-0.05, 0) is 48.7 Å². The number of halogens is 5. The van der Waals surface area contributed by atoms with Crippen LogP contribution in [0, 0.1) is 5.82 Å². The maximum absolute atomic E-state index is 14.4. The van der Waals surface area contributed by atoms with Gasteiger partial charge in [-0.2, -0.15) is 13.2 Å². The van der Waals surface area contributed by atoms with Gasteiger partial charge in [-0.15, -0.1) is 0 Å². The van der Waals surface area contributed by atoms with E-state index in [1.807, 2.05) is 0 Å². The van der Waals surface area contributed by atoms with Crippen LogP contribution in [0.3, 0.4) is 0 Å². The highest BCUT2D eigenvalue weighted by molar-refractivity contribution is 6.31. The number of pyridine rings is 1. The standard InChI is InChI=1S/C23H17ClF4N4O2/c24-15-10-19-13(9-16(15)25)22(34)32-11-31(19)17-5-1-4-14(23(26,27)28)12(17)3-2-8-29-21-18(32)6-7-20(33)30-21/h1,4-7,9-10H,2-3,8,11H2,(H2,29,30,33). The van der Waals surface area contributed by atoms with Gasteiger partial charge >= 0.3 is 6.18 Å². The third-order valence-corrected chi connectivity index (χ3v) is 6.22. The molecule has 0 saturated heterocycles. The van der Waals surface area contributed by atoms with Crippen LogP contribution in [0.4, 0.5) is 40.4 Å². The molecule has 2 aliphatic rings. The minimum Gasteiger partial charge on any atom is -0.370 e. The summed E-state index contributed by atoms with van der Waals surface area (Å²) in [6.07, 6.45) is -4.21. The molecule has 0 saturated carbocycles. The largest absolute Gasteiger partial charge is 0.416 e. The second-order valence-corrected chi connectivity index (χ2v) is 8.41.